The molecule has 108 valence electrons. The quantitative estimate of drug-likeness (QED) is 0.803. The van der Waals surface area contributed by atoms with Crippen molar-refractivity contribution in [3.05, 3.63) is 29.8 Å². The van der Waals surface area contributed by atoms with E-state index in [-0.39, 0.29) is 5.41 Å². The summed E-state index contributed by atoms with van der Waals surface area (Å²) < 4.78 is 0. The van der Waals surface area contributed by atoms with E-state index in [1.807, 2.05) is 0 Å². The first kappa shape index (κ1) is 16.0. The molecule has 0 aliphatic carbocycles. The van der Waals surface area contributed by atoms with Crippen molar-refractivity contribution in [1.82, 2.24) is 5.32 Å². The van der Waals surface area contributed by atoms with E-state index in [1.165, 1.54) is 17.7 Å². The van der Waals surface area contributed by atoms with Gasteiger partial charge in [0.05, 0.1) is 0 Å². The fourth-order valence-corrected chi connectivity index (χ4v) is 2.28. The van der Waals surface area contributed by atoms with Crippen molar-refractivity contribution in [2.24, 2.45) is 5.41 Å². The highest BCUT2D eigenvalue weighted by Gasteiger charge is 2.27. The topological polar surface area (TPSA) is 15.3 Å². The fourth-order valence-electron chi connectivity index (χ4n) is 2.28. The summed E-state index contributed by atoms with van der Waals surface area (Å²) >= 11 is 0. The van der Waals surface area contributed by atoms with Gasteiger partial charge in [-0.3, -0.25) is 0 Å². The van der Waals surface area contributed by atoms with Gasteiger partial charge in [-0.2, -0.15) is 0 Å². The van der Waals surface area contributed by atoms with E-state index in [0.717, 1.165) is 13.1 Å². The van der Waals surface area contributed by atoms with Crippen LogP contribution in [0.3, 0.4) is 0 Å². The summed E-state index contributed by atoms with van der Waals surface area (Å²) in [7, 11) is 2.18. The van der Waals surface area contributed by atoms with Crippen LogP contribution in [0.15, 0.2) is 24.3 Å². The van der Waals surface area contributed by atoms with Crippen molar-refractivity contribution < 1.29 is 0 Å². The highest BCUT2D eigenvalue weighted by molar-refractivity contribution is 5.46. The SMILES string of the molecule is CCCNC(C)C(C)(C)CN(C)c1ccc(C)cc1. The number of benzene rings is 1. The average molecular weight is 262 g/mol. The molecule has 2 heteroatoms. The monoisotopic (exact) mass is 262 g/mol. The number of aryl methyl sites for hydroxylation is 1. The molecule has 0 saturated heterocycles. The van der Waals surface area contributed by atoms with E-state index >= 15 is 0 Å². The number of rotatable bonds is 7. The van der Waals surface area contributed by atoms with Gasteiger partial charge in [0.2, 0.25) is 0 Å². The van der Waals surface area contributed by atoms with Crippen LogP contribution in [0.5, 0.6) is 0 Å². The first-order chi connectivity index (χ1) is 8.86. The van der Waals surface area contributed by atoms with Gasteiger partial charge in [0.1, 0.15) is 0 Å². The van der Waals surface area contributed by atoms with Gasteiger partial charge < -0.3 is 10.2 Å². The van der Waals surface area contributed by atoms with Gasteiger partial charge >= 0.3 is 0 Å². The highest BCUT2D eigenvalue weighted by atomic mass is 15.1. The molecule has 0 amide bonds. The van der Waals surface area contributed by atoms with Crippen molar-refractivity contribution in [2.75, 3.05) is 25.0 Å². The lowest BCUT2D eigenvalue weighted by atomic mass is 9.84. The Hall–Kier alpha value is -1.02. The largest absolute Gasteiger partial charge is 0.374 e. The lowest BCUT2D eigenvalue weighted by Crippen LogP contribution is -2.46. The lowest BCUT2D eigenvalue weighted by molar-refractivity contribution is 0.263. The van der Waals surface area contributed by atoms with Crippen LogP contribution in [0.25, 0.3) is 0 Å². The average Bonchev–Trinajstić information content (AvgIpc) is 2.36. The van der Waals surface area contributed by atoms with Crippen LogP contribution in [-0.2, 0) is 0 Å². The van der Waals surface area contributed by atoms with Crippen molar-refractivity contribution in [3.63, 3.8) is 0 Å². The molecule has 0 spiro atoms. The predicted molar refractivity (Wildman–Crippen MR) is 86.0 cm³/mol. The van der Waals surface area contributed by atoms with E-state index in [9.17, 15) is 0 Å². The molecule has 0 bridgehead atoms. The maximum absolute atomic E-state index is 3.61. The second-order valence-corrected chi connectivity index (χ2v) is 6.36. The standard InChI is InChI=1S/C17H30N2/c1-7-12-18-15(3)17(4,5)13-19(6)16-10-8-14(2)9-11-16/h8-11,15,18H,7,12-13H2,1-6H3. The summed E-state index contributed by atoms with van der Waals surface area (Å²) in [5.41, 5.74) is 2.85. The Morgan fingerprint density at radius 3 is 2.32 bits per heavy atom. The Morgan fingerprint density at radius 1 is 1.21 bits per heavy atom. The number of anilines is 1. The van der Waals surface area contributed by atoms with Gasteiger partial charge in [-0.1, -0.05) is 38.5 Å². The van der Waals surface area contributed by atoms with Crippen LogP contribution >= 0.6 is 0 Å². The van der Waals surface area contributed by atoms with E-state index in [0.29, 0.717) is 6.04 Å². The van der Waals surface area contributed by atoms with E-state index in [1.54, 1.807) is 0 Å². The zero-order valence-electron chi connectivity index (χ0n) is 13.5. The minimum absolute atomic E-state index is 0.245. The Morgan fingerprint density at radius 2 is 1.79 bits per heavy atom. The molecule has 1 rings (SSSR count). The van der Waals surface area contributed by atoms with Gasteiger partial charge in [0, 0.05) is 25.3 Å². The summed E-state index contributed by atoms with van der Waals surface area (Å²) in [4.78, 5) is 2.35. The third-order valence-corrected chi connectivity index (χ3v) is 3.99. The summed E-state index contributed by atoms with van der Waals surface area (Å²) in [6, 6.07) is 9.28. The zero-order valence-corrected chi connectivity index (χ0v) is 13.5. The Kier molecular flexibility index (Phi) is 5.86. The molecule has 1 aromatic rings. The third-order valence-electron chi connectivity index (χ3n) is 3.99. The van der Waals surface area contributed by atoms with Crippen molar-refractivity contribution >= 4 is 5.69 Å². The van der Waals surface area contributed by atoms with Gasteiger partial charge in [-0.05, 0) is 44.4 Å². The lowest BCUT2D eigenvalue weighted by Gasteiger charge is -2.37. The Balaban J connectivity index is 2.63. The van der Waals surface area contributed by atoms with E-state index in [2.05, 4.69) is 76.1 Å². The van der Waals surface area contributed by atoms with Crippen LogP contribution in [0.2, 0.25) is 0 Å². The molecule has 0 radical (unpaired) electrons. The molecule has 0 fully saturated rings. The normalized spacial score (nSPS) is 13.4. The Labute approximate surface area is 119 Å². The number of hydrogen-bond acceptors (Lipinski definition) is 2. The van der Waals surface area contributed by atoms with Crippen LogP contribution in [-0.4, -0.2) is 26.2 Å². The molecule has 0 aliphatic heterocycles. The fraction of sp³-hybridized carbons (Fsp3) is 0.647. The molecule has 0 heterocycles. The molecule has 19 heavy (non-hydrogen) atoms. The second kappa shape index (κ2) is 6.95. The maximum atomic E-state index is 3.61. The Bertz CT molecular complexity index is 367. The van der Waals surface area contributed by atoms with E-state index in [4.69, 9.17) is 0 Å². The molecule has 1 aromatic carbocycles. The molecule has 2 nitrogen and oxygen atoms in total. The van der Waals surface area contributed by atoms with Crippen LogP contribution in [0.4, 0.5) is 5.69 Å². The molecule has 1 atom stereocenters. The molecule has 1 unspecified atom stereocenters. The molecular weight excluding hydrogens is 232 g/mol. The van der Waals surface area contributed by atoms with Gasteiger partial charge in [-0.15, -0.1) is 0 Å². The van der Waals surface area contributed by atoms with Crippen molar-refractivity contribution in [3.8, 4) is 0 Å². The first-order valence-electron chi connectivity index (χ1n) is 7.38. The van der Waals surface area contributed by atoms with Crippen LogP contribution < -0.4 is 10.2 Å². The molecule has 0 saturated carbocycles. The number of nitrogens with zero attached hydrogens (tertiary/aromatic N) is 1. The number of nitrogens with one attached hydrogen (secondary N) is 1. The van der Waals surface area contributed by atoms with Crippen LogP contribution in [0, 0.1) is 12.3 Å². The predicted octanol–water partition coefficient (Wildman–Crippen LogP) is 3.85. The highest BCUT2D eigenvalue weighted by Crippen LogP contribution is 2.24. The van der Waals surface area contributed by atoms with Crippen LogP contribution in [0.1, 0.15) is 39.7 Å². The molecule has 1 N–H and O–H groups in total. The summed E-state index contributed by atoms with van der Waals surface area (Å²) in [6.07, 6.45) is 1.19. The summed E-state index contributed by atoms with van der Waals surface area (Å²) in [5, 5.41) is 3.61. The minimum Gasteiger partial charge on any atom is -0.374 e. The second-order valence-electron chi connectivity index (χ2n) is 6.36. The van der Waals surface area contributed by atoms with Crippen molar-refractivity contribution in [2.45, 2.75) is 47.1 Å². The third kappa shape index (κ3) is 4.87. The smallest absolute Gasteiger partial charge is 0.0363 e. The molecule has 0 aliphatic rings. The van der Waals surface area contributed by atoms with Gasteiger partial charge in [0.25, 0.3) is 0 Å². The maximum Gasteiger partial charge on any atom is 0.0363 e. The first-order valence-corrected chi connectivity index (χ1v) is 7.38. The zero-order chi connectivity index (χ0) is 14.5. The molecule has 0 aromatic heterocycles. The number of hydrogen-bond donors (Lipinski definition) is 1. The van der Waals surface area contributed by atoms with Gasteiger partial charge in [-0.25, -0.2) is 0 Å². The van der Waals surface area contributed by atoms with Crippen molar-refractivity contribution in [1.29, 1.82) is 0 Å². The van der Waals surface area contributed by atoms with E-state index < -0.39 is 0 Å². The summed E-state index contributed by atoms with van der Waals surface area (Å²) in [5.74, 6) is 0. The summed E-state index contributed by atoms with van der Waals surface area (Å²) in [6.45, 7) is 13.5. The molecular formula is C17H30N2. The minimum atomic E-state index is 0.245. The van der Waals surface area contributed by atoms with Gasteiger partial charge in [0.15, 0.2) is 0 Å².